The largest absolute Gasteiger partial charge is 0.412 e. The quantitative estimate of drug-likeness (QED) is 0.435. The lowest BCUT2D eigenvalue weighted by atomic mass is 12.0. The van der Waals surface area contributed by atoms with Gasteiger partial charge in [0.25, 0.3) is 0 Å². The Morgan fingerprint density at radius 3 is 0.750 bits per heavy atom. The van der Waals surface area contributed by atoms with Gasteiger partial charge in [0.05, 0.1) is 0 Å². The topological polar surface area (TPSA) is 31.5 Å². The highest BCUT2D eigenvalue weighted by Gasteiger charge is -0.0775. The Kier molecular flexibility index (Phi) is 3820. The van der Waals surface area contributed by atoms with Crippen molar-refractivity contribution < 1.29 is 5.48 Å². The second kappa shape index (κ2) is 78.3. The average molecular weight is 107 g/mol. The molecule has 0 spiro atoms. The van der Waals surface area contributed by atoms with Crippen LogP contribution in [0.3, 0.4) is 0 Å². The van der Waals surface area contributed by atoms with Crippen LogP contribution in [0.4, 0.5) is 0 Å². The summed E-state index contributed by atoms with van der Waals surface area (Å²) in [5.74, 6) is 0. The molecular formula is CH8Cl2O. The Morgan fingerprint density at radius 2 is 0.750 bits per heavy atom. The molecule has 0 aromatic heterocycles. The lowest BCUT2D eigenvalue weighted by molar-refractivity contribution is 0.824. The van der Waals surface area contributed by atoms with E-state index < -0.39 is 0 Å². The van der Waals surface area contributed by atoms with E-state index in [9.17, 15) is 0 Å². The van der Waals surface area contributed by atoms with Gasteiger partial charge >= 0.3 is 0 Å². The average Bonchev–Trinajstić information content (AvgIpc) is 0. The first kappa shape index (κ1) is 195. The normalized spacial score (nSPS) is 0. The van der Waals surface area contributed by atoms with E-state index in [2.05, 4.69) is 0 Å². The summed E-state index contributed by atoms with van der Waals surface area (Å²) in [6.07, 6.45) is 0. The third-order valence-electron chi connectivity index (χ3n) is 0. The van der Waals surface area contributed by atoms with Crippen LogP contribution in [0.5, 0.6) is 0 Å². The number of hydrogen-bond donors (Lipinski definition) is 0. The molecule has 0 fully saturated rings. The SMILES string of the molecule is C.Cl.Cl.O. The molecule has 0 atom stereocenters. The van der Waals surface area contributed by atoms with Crippen LogP contribution in [0.25, 0.3) is 0 Å². The molecular weight excluding hydrogens is 98.9 g/mol. The van der Waals surface area contributed by atoms with E-state index >= 15 is 0 Å². The molecule has 0 aliphatic rings. The molecule has 0 aliphatic carbocycles. The molecule has 0 heterocycles. The fourth-order valence-electron chi connectivity index (χ4n) is 0. The summed E-state index contributed by atoms with van der Waals surface area (Å²) < 4.78 is 0. The Hall–Kier alpha value is 0.540. The van der Waals surface area contributed by atoms with E-state index in [1.807, 2.05) is 0 Å². The Labute approximate surface area is 38.5 Å². The lowest BCUT2D eigenvalue weighted by Crippen LogP contribution is -0.289. The molecule has 1 nitrogen and oxygen atoms in total. The summed E-state index contributed by atoms with van der Waals surface area (Å²) in [7, 11) is 0. The summed E-state index contributed by atoms with van der Waals surface area (Å²) >= 11 is 0. The highest BCUT2D eigenvalue weighted by molar-refractivity contribution is 5.85. The molecule has 0 aromatic carbocycles. The first-order valence-electron chi connectivity index (χ1n) is 0. The van der Waals surface area contributed by atoms with Crippen molar-refractivity contribution >= 4 is 24.8 Å². The van der Waals surface area contributed by atoms with Crippen LogP contribution in [0, 0.1) is 0 Å². The predicted molar refractivity (Wildman–Crippen MR) is 24.8 cm³/mol. The van der Waals surface area contributed by atoms with Crippen LogP contribution >= 0.6 is 24.8 Å². The van der Waals surface area contributed by atoms with Crippen LogP contribution in [0.2, 0.25) is 0 Å². The molecule has 0 aromatic rings. The van der Waals surface area contributed by atoms with E-state index in [-0.39, 0.29) is 37.7 Å². The molecule has 4 heavy (non-hydrogen) atoms. The summed E-state index contributed by atoms with van der Waals surface area (Å²) in [4.78, 5) is 0. The van der Waals surface area contributed by atoms with Crippen LogP contribution < -0.4 is 0 Å². The Bertz CT molecular complexity index is 6.00. The molecule has 0 amide bonds. The molecule has 0 rings (SSSR count). The summed E-state index contributed by atoms with van der Waals surface area (Å²) in [6.45, 7) is 0. The van der Waals surface area contributed by atoms with Gasteiger partial charge in [0, 0.05) is 0 Å². The third kappa shape index (κ3) is 20.7. The van der Waals surface area contributed by atoms with Crippen molar-refractivity contribution in [3.63, 3.8) is 0 Å². The molecule has 3 heteroatoms. The summed E-state index contributed by atoms with van der Waals surface area (Å²) in [5, 5.41) is 0. The Balaban J connectivity index is 0. The lowest BCUT2D eigenvalue weighted by Gasteiger charge is -0.412. The van der Waals surface area contributed by atoms with E-state index in [1.54, 1.807) is 0 Å². The molecule has 0 aliphatic heterocycles. The van der Waals surface area contributed by atoms with Gasteiger partial charge in [-0.15, -0.1) is 24.8 Å². The van der Waals surface area contributed by atoms with Gasteiger partial charge in [-0.25, -0.2) is 0 Å². The molecule has 0 unspecified atom stereocenters. The van der Waals surface area contributed by atoms with E-state index in [0.717, 1.165) is 0 Å². The smallest absolute Gasteiger partial charge is 0.0776 e. The van der Waals surface area contributed by atoms with Crippen molar-refractivity contribution in [1.82, 2.24) is 0 Å². The van der Waals surface area contributed by atoms with Gasteiger partial charge in [0.15, 0.2) is 0 Å². The molecule has 32 valence electrons. The van der Waals surface area contributed by atoms with Crippen LogP contribution in [-0.2, 0) is 0 Å². The molecule has 2 N–H and O–H groups in total. The minimum atomic E-state index is 0. The zero-order valence-corrected chi connectivity index (χ0v) is 2.95. The van der Waals surface area contributed by atoms with Crippen molar-refractivity contribution in [2.24, 2.45) is 0 Å². The fourth-order valence-corrected chi connectivity index (χ4v) is 0. The predicted octanol–water partition coefficient (Wildman–Crippen LogP) is 0.655. The highest BCUT2D eigenvalue weighted by Crippen LogP contribution is 0.691. The second-order valence-electron chi connectivity index (χ2n) is 0. The third-order valence-corrected chi connectivity index (χ3v) is 0. The minimum Gasteiger partial charge on any atom is -0.412 e. The summed E-state index contributed by atoms with van der Waals surface area (Å²) in [6, 6.07) is 0. The standard InChI is InChI=1S/CH4.2ClH.H2O/h1H4;2*1H;1H2. The maximum Gasteiger partial charge on any atom is -0.0776 e. The summed E-state index contributed by atoms with van der Waals surface area (Å²) in [5.41, 5.74) is 0. The molecule has 0 bridgehead atoms. The van der Waals surface area contributed by atoms with Gasteiger partial charge in [-0.05, 0) is 0 Å². The first-order valence-corrected chi connectivity index (χ1v) is 0. The zero-order chi connectivity index (χ0) is 0. The van der Waals surface area contributed by atoms with E-state index in [0.29, 0.717) is 0 Å². The monoisotopic (exact) mass is 106 g/mol. The Morgan fingerprint density at radius 1 is 0.750 bits per heavy atom. The van der Waals surface area contributed by atoms with E-state index in [1.165, 1.54) is 0 Å². The second-order valence-corrected chi connectivity index (χ2v) is 0. The minimum absolute atomic E-state index is 0. The van der Waals surface area contributed by atoms with Crippen molar-refractivity contribution in [2.75, 3.05) is 0 Å². The number of hydrogen-bond acceptors (Lipinski definition) is 0. The maximum absolute atomic E-state index is 0. The fraction of sp³-hybridized carbons (Fsp3) is 1.00. The number of halogens is 2. The van der Waals surface area contributed by atoms with Crippen molar-refractivity contribution in [1.29, 1.82) is 0 Å². The number of rotatable bonds is 0. The maximum atomic E-state index is 0. The van der Waals surface area contributed by atoms with Crippen LogP contribution in [-0.4, -0.2) is 5.48 Å². The first-order chi connectivity index (χ1) is 0. The van der Waals surface area contributed by atoms with Crippen LogP contribution in [0.1, 0.15) is 7.43 Å². The zero-order valence-electron chi connectivity index (χ0n) is 1.32. The van der Waals surface area contributed by atoms with Gasteiger partial charge < -0.3 is 5.48 Å². The van der Waals surface area contributed by atoms with Crippen LogP contribution in [0.15, 0.2) is 0 Å². The molecule has 0 saturated carbocycles. The van der Waals surface area contributed by atoms with Gasteiger partial charge in [-0.1, -0.05) is 7.43 Å². The molecule has 0 radical (unpaired) electrons. The highest BCUT2D eigenvalue weighted by atomic mass is 35.5. The molecule has 0 saturated heterocycles. The van der Waals surface area contributed by atoms with Crippen molar-refractivity contribution in [3.8, 4) is 0 Å². The van der Waals surface area contributed by atoms with Crippen molar-refractivity contribution in [2.45, 2.75) is 7.43 Å². The van der Waals surface area contributed by atoms with Gasteiger partial charge in [0.2, 0.25) is 0 Å². The van der Waals surface area contributed by atoms with Crippen molar-refractivity contribution in [3.05, 3.63) is 0 Å². The van der Waals surface area contributed by atoms with Gasteiger partial charge in [-0.2, -0.15) is 0 Å². The van der Waals surface area contributed by atoms with Gasteiger partial charge in [-0.3, -0.25) is 0 Å². The van der Waals surface area contributed by atoms with Gasteiger partial charge in [0.1, 0.15) is 0 Å². The van der Waals surface area contributed by atoms with E-state index in [4.69, 9.17) is 0 Å².